The summed E-state index contributed by atoms with van der Waals surface area (Å²) >= 11 is 0. The van der Waals surface area contributed by atoms with E-state index in [0.717, 1.165) is 5.56 Å². The number of sulfonamides is 1. The van der Waals surface area contributed by atoms with Crippen LogP contribution in [0.4, 0.5) is 5.69 Å². The van der Waals surface area contributed by atoms with Crippen molar-refractivity contribution in [3.63, 3.8) is 0 Å². The van der Waals surface area contributed by atoms with Crippen molar-refractivity contribution < 1.29 is 17.9 Å². The first kappa shape index (κ1) is 19.7. The number of rotatable bonds is 8. The van der Waals surface area contributed by atoms with Gasteiger partial charge in [0.2, 0.25) is 10.0 Å². The van der Waals surface area contributed by atoms with Crippen LogP contribution < -0.4 is 14.8 Å². The van der Waals surface area contributed by atoms with Crippen LogP contribution in [0.5, 0.6) is 5.75 Å². The molecule has 0 radical (unpaired) electrons. The van der Waals surface area contributed by atoms with E-state index in [1.165, 1.54) is 30.3 Å². The Morgan fingerprint density at radius 1 is 1.23 bits per heavy atom. The molecule has 0 aliphatic rings. The summed E-state index contributed by atoms with van der Waals surface area (Å²) in [7, 11) is -3.59. The molecule has 0 fully saturated rings. The molecule has 0 aliphatic carbocycles. The molecule has 0 aromatic heterocycles. The van der Waals surface area contributed by atoms with Crippen LogP contribution in [0.2, 0.25) is 0 Å². The third-order valence-corrected chi connectivity index (χ3v) is 4.96. The van der Waals surface area contributed by atoms with Gasteiger partial charge in [-0.1, -0.05) is 18.2 Å². The fraction of sp³-hybridized carbons (Fsp3) is 0.211. The average molecular weight is 374 g/mol. The summed E-state index contributed by atoms with van der Waals surface area (Å²) in [5, 5.41) is 2.70. The van der Waals surface area contributed by atoms with Crippen LogP contribution in [-0.4, -0.2) is 27.0 Å². The van der Waals surface area contributed by atoms with Crippen LogP contribution in [0.3, 0.4) is 0 Å². The van der Waals surface area contributed by atoms with E-state index < -0.39 is 16.1 Å². The predicted molar refractivity (Wildman–Crippen MR) is 102 cm³/mol. The van der Waals surface area contributed by atoms with Gasteiger partial charge in [-0.05, 0) is 55.8 Å². The number of hydrogen-bond acceptors (Lipinski definition) is 4. The molecule has 2 N–H and O–H groups in total. The SMILES string of the molecule is C=CCNS(=O)(=O)c1ccc(NC(=O)C(C)Oc2cccc(C)c2)cc1. The highest BCUT2D eigenvalue weighted by molar-refractivity contribution is 7.89. The number of anilines is 1. The minimum atomic E-state index is -3.59. The molecule has 0 heterocycles. The summed E-state index contributed by atoms with van der Waals surface area (Å²) in [4.78, 5) is 12.4. The number of nitrogens with one attached hydrogen (secondary N) is 2. The van der Waals surface area contributed by atoms with Gasteiger partial charge in [-0.2, -0.15) is 0 Å². The largest absolute Gasteiger partial charge is 0.481 e. The maximum absolute atomic E-state index is 12.2. The standard InChI is InChI=1S/C19H22N2O4S/c1-4-12-20-26(23,24)18-10-8-16(9-11-18)21-19(22)15(3)25-17-7-5-6-14(2)13-17/h4-11,13,15,20H,1,12H2,2-3H3,(H,21,22). The molecule has 0 bridgehead atoms. The Morgan fingerprint density at radius 3 is 2.54 bits per heavy atom. The molecule has 26 heavy (non-hydrogen) atoms. The Balaban J connectivity index is 1.99. The normalized spacial score (nSPS) is 12.2. The zero-order valence-electron chi connectivity index (χ0n) is 14.7. The van der Waals surface area contributed by atoms with Gasteiger partial charge < -0.3 is 10.1 Å². The Labute approximate surface area is 153 Å². The van der Waals surface area contributed by atoms with Gasteiger partial charge in [0, 0.05) is 12.2 Å². The van der Waals surface area contributed by atoms with Crippen molar-refractivity contribution in [1.82, 2.24) is 4.72 Å². The smallest absolute Gasteiger partial charge is 0.265 e. The van der Waals surface area contributed by atoms with Gasteiger partial charge in [0.1, 0.15) is 5.75 Å². The molecule has 2 rings (SSSR count). The fourth-order valence-corrected chi connectivity index (χ4v) is 3.16. The van der Waals surface area contributed by atoms with Crippen molar-refractivity contribution in [3.05, 3.63) is 66.7 Å². The summed E-state index contributed by atoms with van der Waals surface area (Å²) in [5.74, 6) is 0.286. The maximum Gasteiger partial charge on any atom is 0.265 e. The zero-order valence-corrected chi connectivity index (χ0v) is 15.5. The van der Waals surface area contributed by atoms with Gasteiger partial charge in [0.05, 0.1) is 4.90 Å². The zero-order chi connectivity index (χ0) is 19.2. The van der Waals surface area contributed by atoms with E-state index in [4.69, 9.17) is 4.74 Å². The highest BCUT2D eigenvalue weighted by Gasteiger charge is 2.16. The third kappa shape index (κ3) is 5.44. The van der Waals surface area contributed by atoms with Crippen LogP contribution in [-0.2, 0) is 14.8 Å². The van der Waals surface area contributed by atoms with E-state index >= 15 is 0 Å². The molecule has 0 aliphatic heterocycles. The molecular weight excluding hydrogens is 352 g/mol. The summed E-state index contributed by atoms with van der Waals surface area (Å²) in [6.45, 7) is 7.21. The number of carbonyl (C=O) groups excluding carboxylic acids is 1. The number of ether oxygens (including phenoxy) is 1. The van der Waals surface area contributed by atoms with Gasteiger partial charge >= 0.3 is 0 Å². The quantitative estimate of drug-likeness (QED) is 0.696. The lowest BCUT2D eigenvalue weighted by atomic mass is 10.2. The van der Waals surface area contributed by atoms with Gasteiger partial charge in [-0.3, -0.25) is 4.79 Å². The second-order valence-corrected chi connectivity index (χ2v) is 7.50. The van der Waals surface area contributed by atoms with E-state index in [2.05, 4.69) is 16.6 Å². The van der Waals surface area contributed by atoms with E-state index in [1.807, 2.05) is 25.1 Å². The van der Waals surface area contributed by atoms with Gasteiger partial charge in [0.25, 0.3) is 5.91 Å². The third-order valence-electron chi connectivity index (χ3n) is 3.52. The van der Waals surface area contributed by atoms with Gasteiger partial charge in [-0.15, -0.1) is 6.58 Å². The Hall–Kier alpha value is -2.64. The van der Waals surface area contributed by atoms with Crippen molar-refractivity contribution in [2.75, 3.05) is 11.9 Å². The summed E-state index contributed by atoms with van der Waals surface area (Å²) < 4.78 is 32.0. The number of carbonyl (C=O) groups is 1. The monoisotopic (exact) mass is 374 g/mol. The lowest BCUT2D eigenvalue weighted by molar-refractivity contribution is -0.122. The van der Waals surface area contributed by atoms with Crippen LogP contribution in [0.1, 0.15) is 12.5 Å². The Kier molecular flexibility index (Phi) is 6.54. The molecule has 1 amide bonds. The molecule has 1 atom stereocenters. The Bertz CT molecular complexity index is 877. The van der Waals surface area contributed by atoms with Crippen LogP contribution in [0, 0.1) is 6.92 Å². The van der Waals surface area contributed by atoms with E-state index in [0.29, 0.717) is 11.4 Å². The summed E-state index contributed by atoms with van der Waals surface area (Å²) in [5.41, 5.74) is 1.52. The molecule has 0 spiro atoms. The molecule has 2 aromatic rings. The van der Waals surface area contributed by atoms with Crippen molar-refractivity contribution in [2.24, 2.45) is 0 Å². The second kappa shape index (κ2) is 8.64. The molecule has 2 aromatic carbocycles. The van der Waals surface area contributed by atoms with Crippen molar-refractivity contribution in [2.45, 2.75) is 24.8 Å². The molecule has 0 saturated carbocycles. The predicted octanol–water partition coefficient (Wildman–Crippen LogP) is 2.87. The second-order valence-electron chi connectivity index (χ2n) is 5.73. The molecule has 7 heteroatoms. The molecular formula is C19H22N2O4S. The first-order chi connectivity index (χ1) is 12.3. The lowest BCUT2D eigenvalue weighted by Gasteiger charge is -2.15. The summed E-state index contributed by atoms with van der Waals surface area (Å²) in [6.07, 6.45) is 0.761. The maximum atomic E-state index is 12.2. The first-order valence-corrected chi connectivity index (χ1v) is 9.55. The van der Waals surface area contributed by atoms with Crippen molar-refractivity contribution >= 4 is 21.6 Å². The van der Waals surface area contributed by atoms with Gasteiger partial charge in [-0.25, -0.2) is 13.1 Å². The van der Waals surface area contributed by atoms with E-state index in [1.54, 1.807) is 13.0 Å². The van der Waals surface area contributed by atoms with Crippen molar-refractivity contribution in [1.29, 1.82) is 0 Å². The van der Waals surface area contributed by atoms with Gasteiger partial charge in [0.15, 0.2) is 6.10 Å². The number of benzene rings is 2. The topological polar surface area (TPSA) is 84.5 Å². The summed E-state index contributed by atoms with van der Waals surface area (Å²) in [6, 6.07) is 13.3. The van der Waals surface area contributed by atoms with Crippen LogP contribution in [0.15, 0.2) is 66.1 Å². The lowest BCUT2D eigenvalue weighted by Crippen LogP contribution is -2.30. The molecule has 6 nitrogen and oxygen atoms in total. The average Bonchev–Trinajstić information content (AvgIpc) is 2.60. The van der Waals surface area contributed by atoms with E-state index in [-0.39, 0.29) is 17.3 Å². The minimum Gasteiger partial charge on any atom is -0.481 e. The van der Waals surface area contributed by atoms with Crippen LogP contribution >= 0.6 is 0 Å². The molecule has 0 saturated heterocycles. The first-order valence-electron chi connectivity index (χ1n) is 8.06. The molecule has 1 unspecified atom stereocenters. The van der Waals surface area contributed by atoms with Crippen LogP contribution in [0.25, 0.3) is 0 Å². The number of hydrogen-bond donors (Lipinski definition) is 2. The Morgan fingerprint density at radius 2 is 1.92 bits per heavy atom. The number of amides is 1. The van der Waals surface area contributed by atoms with Crippen molar-refractivity contribution in [3.8, 4) is 5.75 Å². The highest BCUT2D eigenvalue weighted by Crippen LogP contribution is 2.17. The highest BCUT2D eigenvalue weighted by atomic mass is 32.2. The molecule has 138 valence electrons. The minimum absolute atomic E-state index is 0.112. The number of aryl methyl sites for hydroxylation is 1. The fourth-order valence-electron chi connectivity index (χ4n) is 2.16. The van der Waals surface area contributed by atoms with E-state index in [9.17, 15) is 13.2 Å².